The minimum atomic E-state index is -0.576. The lowest BCUT2D eigenvalue weighted by Gasteiger charge is -2.15. The summed E-state index contributed by atoms with van der Waals surface area (Å²) in [6, 6.07) is 4.25. The number of nitro benzene ring substituents is 1. The Morgan fingerprint density at radius 1 is 1.50 bits per heavy atom. The smallest absolute Gasteiger partial charge is 0.292 e. The zero-order chi connectivity index (χ0) is 15.1. The van der Waals surface area contributed by atoms with Crippen molar-refractivity contribution in [2.24, 2.45) is 0 Å². The van der Waals surface area contributed by atoms with E-state index in [1.807, 2.05) is 0 Å². The van der Waals surface area contributed by atoms with Gasteiger partial charge in [0.05, 0.1) is 11.5 Å². The van der Waals surface area contributed by atoms with Gasteiger partial charge in [0.1, 0.15) is 11.7 Å². The van der Waals surface area contributed by atoms with E-state index in [0.29, 0.717) is 18.8 Å². The fourth-order valence-corrected chi connectivity index (χ4v) is 1.64. The number of rotatable bonds is 7. The highest BCUT2D eigenvalue weighted by Crippen LogP contribution is 2.25. The van der Waals surface area contributed by atoms with Crippen LogP contribution in [0.4, 0.5) is 11.4 Å². The molecule has 20 heavy (non-hydrogen) atoms. The Bertz CT molecular complexity index is 491. The third-order valence-corrected chi connectivity index (χ3v) is 2.72. The zero-order valence-corrected chi connectivity index (χ0v) is 11.8. The molecule has 0 aliphatic carbocycles. The van der Waals surface area contributed by atoms with E-state index in [-0.39, 0.29) is 11.6 Å². The number of nitro groups is 1. The summed E-state index contributed by atoms with van der Waals surface area (Å²) in [6.07, 6.45) is 0. The van der Waals surface area contributed by atoms with Gasteiger partial charge in [-0.1, -0.05) is 6.07 Å². The van der Waals surface area contributed by atoms with Crippen molar-refractivity contribution in [3.63, 3.8) is 0 Å². The summed E-state index contributed by atoms with van der Waals surface area (Å²) in [5.41, 5.74) is 1.08. The molecule has 110 valence electrons. The molecule has 0 radical (unpaired) electrons. The number of hydrogen-bond acceptors (Lipinski definition) is 5. The topological polar surface area (TPSA) is 93.5 Å². The van der Waals surface area contributed by atoms with Crippen molar-refractivity contribution in [1.29, 1.82) is 0 Å². The van der Waals surface area contributed by atoms with E-state index in [9.17, 15) is 14.9 Å². The zero-order valence-electron chi connectivity index (χ0n) is 11.8. The highest BCUT2D eigenvalue weighted by molar-refractivity contribution is 5.85. The van der Waals surface area contributed by atoms with Crippen molar-refractivity contribution >= 4 is 17.3 Å². The standard InChI is InChI=1S/C13H19N3O4/c1-9-4-5-11(12(8-9)16(18)19)15-10(2)13(17)14-6-7-20-3/h4-5,8,10,15H,6-7H2,1-3H3,(H,14,17). The molecule has 1 aromatic carbocycles. The van der Waals surface area contributed by atoms with Gasteiger partial charge in [-0.15, -0.1) is 0 Å². The lowest BCUT2D eigenvalue weighted by molar-refractivity contribution is -0.384. The van der Waals surface area contributed by atoms with E-state index in [0.717, 1.165) is 5.56 Å². The summed E-state index contributed by atoms with van der Waals surface area (Å²) in [7, 11) is 1.55. The summed E-state index contributed by atoms with van der Waals surface area (Å²) < 4.78 is 4.83. The minimum absolute atomic E-state index is 0.0402. The SMILES string of the molecule is COCCNC(=O)C(C)Nc1ccc(C)cc1[N+](=O)[O-]. The van der Waals surface area contributed by atoms with Gasteiger partial charge in [0.25, 0.3) is 5.69 Å². The molecule has 1 amide bonds. The molecule has 1 aromatic rings. The summed E-state index contributed by atoms with van der Waals surface area (Å²) in [6.45, 7) is 4.24. The first-order valence-electron chi connectivity index (χ1n) is 6.24. The number of carbonyl (C=O) groups excluding carboxylic acids is 1. The summed E-state index contributed by atoms with van der Waals surface area (Å²) in [5, 5.41) is 16.5. The number of anilines is 1. The molecule has 0 bridgehead atoms. The van der Waals surface area contributed by atoms with Gasteiger partial charge in [0.15, 0.2) is 0 Å². The number of amides is 1. The van der Waals surface area contributed by atoms with E-state index in [1.54, 1.807) is 33.1 Å². The van der Waals surface area contributed by atoms with E-state index in [1.165, 1.54) is 6.07 Å². The van der Waals surface area contributed by atoms with Crippen molar-refractivity contribution < 1.29 is 14.5 Å². The predicted octanol–water partition coefficient (Wildman–Crippen LogP) is 1.47. The third kappa shape index (κ3) is 4.51. The number of nitrogens with one attached hydrogen (secondary N) is 2. The Hall–Kier alpha value is -2.15. The van der Waals surface area contributed by atoms with Gasteiger partial charge in [-0.25, -0.2) is 0 Å². The molecule has 7 heteroatoms. The first-order valence-corrected chi connectivity index (χ1v) is 6.24. The second-order valence-corrected chi connectivity index (χ2v) is 4.43. The lowest BCUT2D eigenvalue weighted by atomic mass is 10.1. The summed E-state index contributed by atoms with van der Waals surface area (Å²) >= 11 is 0. The molecular formula is C13H19N3O4. The third-order valence-electron chi connectivity index (χ3n) is 2.72. The number of nitrogens with zero attached hydrogens (tertiary/aromatic N) is 1. The first kappa shape index (κ1) is 15.9. The Balaban J connectivity index is 2.72. The Kier molecular flexibility index (Phi) is 5.92. The number of ether oxygens (including phenoxy) is 1. The van der Waals surface area contributed by atoms with Crippen molar-refractivity contribution in [3.05, 3.63) is 33.9 Å². The fraction of sp³-hybridized carbons (Fsp3) is 0.462. The largest absolute Gasteiger partial charge is 0.383 e. The number of carbonyl (C=O) groups is 1. The number of aryl methyl sites for hydroxylation is 1. The molecular weight excluding hydrogens is 262 g/mol. The number of benzene rings is 1. The van der Waals surface area contributed by atoms with Crippen molar-refractivity contribution in [2.45, 2.75) is 19.9 Å². The van der Waals surface area contributed by atoms with Gasteiger partial charge < -0.3 is 15.4 Å². The average Bonchev–Trinajstić information content (AvgIpc) is 2.40. The van der Waals surface area contributed by atoms with Crippen LogP contribution in [0.2, 0.25) is 0 Å². The van der Waals surface area contributed by atoms with Crippen LogP contribution in [0.5, 0.6) is 0 Å². The van der Waals surface area contributed by atoms with Crippen LogP contribution in [-0.2, 0) is 9.53 Å². The van der Waals surface area contributed by atoms with Crippen LogP contribution in [0.1, 0.15) is 12.5 Å². The predicted molar refractivity (Wildman–Crippen MR) is 75.8 cm³/mol. The molecule has 0 aliphatic heterocycles. The van der Waals surface area contributed by atoms with Crippen LogP contribution >= 0.6 is 0 Å². The van der Waals surface area contributed by atoms with Gasteiger partial charge in [-0.05, 0) is 25.5 Å². The maximum absolute atomic E-state index is 11.8. The van der Waals surface area contributed by atoms with Gasteiger partial charge in [0, 0.05) is 19.7 Å². The number of methoxy groups -OCH3 is 1. The van der Waals surface area contributed by atoms with Gasteiger partial charge in [0.2, 0.25) is 5.91 Å². The molecule has 1 unspecified atom stereocenters. The Labute approximate surface area is 117 Å². The first-order chi connectivity index (χ1) is 9.45. The van der Waals surface area contributed by atoms with Crippen LogP contribution in [0, 0.1) is 17.0 Å². The molecule has 2 N–H and O–H groups in total. The highest BCUT2D eigenvalue weighted by Gasteiger charge is 2.18. The van der Waals surface area contributed by atoms with Crippen LogP contribution in [0.25, 0.3) is 0 Å². The van der Waals surface area contributed by atoms with Crippen molar-refractivity contribution in [3.8, 4) is 0 Å². The van der Waals surface area contributed by atoms with Crippen molar-refractivity contribution in [2.75, 3.05) is 25.6 Å². The Morgan fingerprint density at radius 3 is 2.80 bits per heavy atom. The van der Waals surface area contributed by atoms with Gasteiger partial charge >= 0.3 is 0 Å². The van der Waals surface area contributed by atoms with E-state index < -0.39 is 11.0 Å². The maximum Gasteiger partial charge on any atom is 0.292 e. The minimum Gasteiger partial charge on any atom is -0.383 e. The molecule has 7 nitrogen and oxygen atoms in total. The van der Waals surface area contributed by atoms with Crippen LogP contribution < -0.4 is 10.6 Å². The molecule has 0 saturated heterocycles. The molecule has 0 aromatic heterocycles. The van der Waals surface area contributed by atoms with Crippen LogP contribution in [0.3, 0.4) is 0 Å². The average molecular weight is 281 g/mol. The van der Waals surface area contributed by atoms with Gasteiger partial charge in [-0.2, -0.15) is 0 Å². The Morgan fingerprint density at radius 2 is 2.20 bits per heavy atom. The highest BCUT2D eigenvalue weighted by atomic mass is 16.6. The van der Waals surface area contributed by atoms with E-state index >= 15 is 0 Å². The summed E-state index contributed by atoms with van der Waals surface area (Å²) in [4.78, 5) is 22.3. The van der Waals surface area contributed by atoms with Crippen LogP contribution in [0.15, 0.2) is 18.2 Å². The second-order valence-electron chi connectivity index (χ2n) is 4.43. The molecule has 0 heterocycles. The number of hydrogen-bond donors (Lipinski definition) is 2. The fourth-order valence-electron chi connectivity index (χ4n) is 1.64. The molecule has 0 saturated carbocycles. The molecule has 0 spiro atoms. The molecule has 0 aliphatic rings. The quantitative estimate of drug-likeness (QED) is 0.448. The van der Waals surface area contributed by atoms with Crippen LogP contribution in [-0.4, -0.2) is 37.1 Å². The summed E-state index contributed by atoms with van der Waals surface area (Å²) in [5.74, 6) is -0.239. The molecule has 1 rings (SSSR count). The maximum atomic E-state index is 11.8. The monoisotopic (exact) mass is 281 g/mol. The van der Waals surface area contributed by atoms with E-state index in [2.05, 4.69) is 10.6 Å². The second kappa shape index (κ2) is 7.44. The normalized spacial score (nSPS) is 11.8. The molecule has 1 atom stereocenters. The van der Waals surface area contributed by atoms with Crippen molar-refractivity contribution in [1.82, 2.24) is 5.32 Å². The van der Waals surface area contributed by atoms with E-state index in [4.69, 9.17) is 4.74 Å². The molecule has 0 fully saturated rings. The van der Waals surface area contributed by atoms with Gasteiger partial charge in [-0.3, -0.25) is 14.9 Å². The lowest BCUT2D eigenvalue weighted by Crippen LogP contribution is -2.39.